The van der Waals surface area contributed by atoms with Crippen LogP contribution in [0.3, 0.4) is 0 Å². The van der Waals surface area contributed by atoms with Crippen LogP contribution in [0.25, 0.3) is 32.9 Å². The van der Waals surface area contributed by atoms with Crippen molar-refractivity contribution in [2.45, 2.75) is 12.4 Å². The Morgan fingerprint density at radius 2 is 1.35 bits per heavy atom. The van der Waals surface area contributed by atoms with Crippen molar-refractivity contribution in [3.63, 3.8) is 0 Å². The first-order chi connectivity index (χ1) is 12.1. The van der Waals surface area contributed by atoms with Gasteiger partial charge in [-0.1, -0.05) is 0 Å². The minimum absolute atomic E-state index is 0.207. The molecule has 0 N–H and O–H groups in total. The number of hydrogen-bond donors (Lipinski definition) is 0. The Bertz CT molecular complexity index is 1240. The lowest BCUT2D eigenvalue weighted by Gasteiger charge is -2.09. The molecule has 0 bridgehead atoms. The third-order valence-electron chi connectivity index (χ3n) is 3.68. The smallest absolute Gasteiger partial charge is 0.438 e. The van der Waals surface area contributed by atoms with Gasteiger partial charge >= 0.3 is 18.0 Å². The highest BCUT2D eigenvalue weighted by molar-refractivity contribution is 6.17. The van der Waals surface area contributed by atoms with Crippen LogP contribution >= 0.6 is 0 Å². The fourth-order valence-corrected chi connectivity index (χ4v) is 2.68. The average molecular weight is 374 g/mol. The van der Waals surface area contributed by atoms with E-state index in [0.717, 1.165) is 6.07 Å². The molecule has 0 unspecified atom stereocenters. The van der Waals surface area contributed by atoms with Gasteiger partial charge in [0.15, 0.2) is 11.3 Å². The van der Waals surface area contributed by atoms with Gasteiger partial charge in [0.05, 0.1) is 10.8 Å². The van der Waals surface area contributed by atoms with Crippen LogP contribution in [0.4, 0.5) is 26.3 Å². The summed E-state index contributed by atoms with van der Waals surface area (Å²) in [6.45, 7) is 0. The molecule has 0 aliphatic carbocycles. The van der Waals surface area contributed by atoms with E-state index in [1.807, 2.05) is 0 Å². The van der Waals surface area contributed by atoms with E-state index < -0.39 is 45.7 Å². The predicted molar refractivity (Wildman–Crippen MR) is 75.4 cm³/mol. The summed E-state index contributed by atoms with van der Waals surface area (Å²) in [4.78, 5) is 11.5. The number of aromatic nitrogens is 2. The van der Waals surface area contributed by atoms with Crippen molar-refractivity contribution in [2.75, 3.05) is 0 Å². The fraction of sp³-hybridized carbons (Fsp3) is 0.133. The first-order valence-corrected chi connectivity index (χ1v) is 6.87. The molecule has 1 aromatic carbocycles. The van der Waals surface area contributed by atoms with Gasteiger partial charge in [0, 0.05) is 11.5 Å². The van der Waals surface area contributed by atoms with Crippen LogP contribution in [0.5, 0.6) is 0 Å². The molecule has 0 aliphatic heterocycles. The number of furan rings is 1. The summed E-state index contributed by atoms with van der Waals surface area (Å²) in [6.07, 6.45) is -10.2. The largest absolute Gasteiger partial charge is 0.453 e. The van der Waals surface area contributed by atoms with Gasteiger partial charge in [-0.2, -0.15) is 26.3 Å². The van der Waals surface area contributed by atoms with E-state index in [1.54, 1.807) is 0 Å². The number of fused-ring (bicyclic) bond motifs is 5. The molecule has 5 nitrogen and oxygen atoms in total. The molecule has 0 atom stereocenters. The van der Waals surface area contributed by atoms with Gasteiger partial charge in [0.2, 0.25) is 5.69 Å². The maximum Gasteiger partial charge on any atom is 0.438 e. The second-order valence-electron chi connectivity index (χ2n) is 5.31. The summed E-state index contributed by atoms with van der Waals surface area (Å²) in [6, 6.07) is 4.82. The van der Waals surface area contributed by atoms with E-state index in [9.17, 15) is 31.1 Å². The number of nitrogens with zero attached hydrogens (tertiary/aromatic N) is 2. The van der Waals surface area contributed by atoms with Gasteiger partial charge in [-0.05, 0) is 18.2 Å². The summed E-state index contributed by atoms with van der Waals surface area (Å²) >= 11 is 0. The molecular formula is C15H4F6N2O3. The molecule has 0 saturated carbocycles. The van der Waals surface area contributed by atoms with Crippen molar-refractivity contribution < 1.29 is 35.2 Å². The summed E-state index contributed by atoms with van der Waals surface area (Å²) in [5, 5.41) is 4.19. The molecule has 26 heavy (non-hydrogen) atoms. The van der Waals surface area contributed by atoms with Gasteiger partial charge in [0.1, 0.15) is 11.2 Å². The van der Waals surface area contributed by atoms with Crippen LogP contribution in [-0.4, -0.2) is 10.2 Å². The van der Waals surface area contributed by atoms with Crippen LogP contribution < -0.4 is 5.63 Å². The summed E-state index contributed by atoms with van der Waals surface area (Å²) in [7, 11) is 0. The van der Waals surface area contributed by atoms with Gasteiger partial charge in [-0.15, -0.1) is 10.2 Å². The Hall–Kier alpha value is -3.11. The zero-order chi connectivity index (χ0) is 18.9. The Morgan fingerprint density at radius 3 is 2.00 bits per heavy atom. The summed E-state index contributed by atoms with van der Waals surface area (Å²) < 4.78 is 89.3. The third-order valence-corrected chi connectivity index (χ3v) is 3.68. The number of rotatable bonds is 0. The van der Waals surface area contributed by atoms with Crippen LogP contribution in [-0.2, 0) is 12.4 Å². The van der Waals surface area contributed by atoms with E-state index in [-0.39, 0.29) is 16.6 Å². The highest BCUT2D eigenvalue weighted by atomic mass is 19.4. The Labute approximate surface area is 137 Å². The first-order valence-electron chi connectivity index (χ1n) is 6.87. The van der Waals surface area contributed by atoms with Gasteiger partial charge in [0.25, 0.3) is 0 Å². The Kier molecular flexibility index (Phi) is 3.12. The van der Waals surface area contributed by atoms with E-state index in [2.05, 4.69) is 10.2 Å². The summed E-state index contributed by atoms with van der Waals surface area (Å²) in [5.74, 6) is 0. The van der Waals surface area contributed by atoms with Crippen LogP contribution in [0.1, 0.15) is 11.4 Å². The SMILES string of the molecule is O=c1ccc2ccc3oc4c(C(F)(F)F)nnc(C(F)(F)F)c4c3c2o1. The molecular weight excluding hydrogens is 370 g/mol. The number of hydrogen-bond acceptors (Lipinski definition) is 5. The van der Waals surface area contributed by atoms with Crippen molar-refractivity contribution >= 4 is 32.9 Å². The van der Waals surface area contributed by atoms with Crippen molar-refractivity contribution in [3.8, 4) is 0 Å². The molecule has 4 rings (SSSR count). The molecule has 0 saturated heterocycles. The predicted octanol–water partition coefficient (Wildman–Crippen LogP) is 4.52. The maximum absolute atomic E-state index is 13.3. The molecule has 0 fully saturated rings. The zero-order valence-corrected chi connectivity index (χ0v) is 12.2. The zero-order valence-electron chi connectivity index (χ0n) is 12.2. The van der Waals surface area contributed by atoms with Gasteiger partial charge in [-0.25, -0.2) is 4.79 Å². The monoisotopic (exact) mass is 374 g/mol. The van der Waals surface area contributed by atoms with Crippen molar-refractivity contribution in [2.24, 2.45) is 0 Å². The molecule has 3 aromatic heterocycles. The van der Waals surface area contributed by atoms with E-state index in [1.165, 1.54) is 18.2 Å². The normalized spacial score (nSPS) is 13.2. The molecule has 11 heteroatoms. The second-order valence-corrected chi connectivity index (χ2v) is 5.31. The van der Waals surface area contributed by atoms with E-state index in [4.69, 9.17) is 8.83 Å². The number of alkyl halides is 6. The summed E-state index contributed by atoms with van der Waals surface area (Å²) in [5.41, 5.74) is -6.05. The molecule has 0 spiro atoms. The fourth-order valence-electron chi connectivity index (χ4n) is 2.68. The first kappa shape index (κ1) is 16.4. The van der Waals surface area contributed by atoms with Gasteiger partial charge < -0.3 is 8.83 Å². The molecule has 0 aliphatic rings. The highest BCUT2D eigenvalue weighted by Crippen LogP contribution is 2.44. The lowest BCUT2D eigenvalue weighted by atomic mass is 10.1. The van der Waals surface area contributed by atoms with Crippen molar-refractivity contribution in [1.29, 1.82) is 0 Å². The maximum atomic E-state index is 13.3. The van der Waals surface area contributed by atoms with E-state index in [0.29, 0.717) is 0 Å². The number of halogens is 6. The topological polar surface area (TPSA) is 69.1 Å². The minimum atomic E-state index is -5.11. The van der Waals surface area contributed by atoms with Crippen molar-refractivity contribution in [3.05, 3.63) is 46.1 Å². The molecule has 4 aromatic rings. The lowest BCUT2D eigenvalue weighted by Crippen LogP contribution is -2.15. The second kappa shape index (κ2) is 4.96. The van der Waals surface area contributed by atoms with Crippen LogP contribution in [0.2, 0.25) is 0 Å². The molecule has 134 valence electrons. The minimum Gasteiger partial charge on any atom is -0.453 e. The lowest BCUT2D eigenvalue weighted by molar-refractivity contribution is -0.146. The van der Waals surface area contributed by atoms with Crippen molar-refractivity contribution in [1.82, 2.24) is 10.2 Å². The Balaban J connectivity index is 2.33. The van der Waals surface area contributed by atoms with E-state index >= 15 is 0 Å². The number of benzene rings is 1. The average Bonchev–Trinajstić information content (AvgIpc) is 2.91. The molecule has 3 heterocycles. The standard InChI is InChI=1S/C15H4F6N2O3/c16-14(17,18)12-9-8-6(3-1-5-2-4-7(24)26-10(5)8)25-11(9)13(23-22-12)15(19,20)21/h1-4H. The van der Waals surface area contributed by atoms with Crippen LogP contribution in [0, 0.1) is 0 Å². The quantitative estimate of drug-likeness (QED) is 0.334. The Morgan fingerprint density at radius 1 is 0.731 bits per heavy atom. The van der Waals surface area contributed by atoms with Gasteiger partial charge in [-0.3, -0.25) is 0 Å². The molecule has 0 radical (unpaired) electrons. The highest BCUT2D eigenvalue weighted by Gasteiger charge is 2.43. The third kappa shape index (κ3) is 2.30. The molecule has 0 amide bonds. The van der Waals surface area contributed by atoms with Crippen LogP contribution in [0.15, 0.2) is 37.9 Å².